The molecule has 0 fully saturated rings. The van der Waals surface area contributed by atoms with Crippen molar-refractivity contribution in [1.29, 1.82) is 0 Å². The molecule has 0 radical (unpaired) electrons. The number of ether oxygens (including phenoxy) is 1. The number of hydrogen-bond acceptors (Lipinski definition) is 5. The maximum Gasteiger partial charge on any atom is 0.338 e. The Balaban J connectivity index is 1.81. The minimum Gasteiger partial charge on any atom is -0.449 e. The first kappa shape index (κ1) is 20.1. The van der Waals surface area contributed by atoms with E-state index in [0.29, 0.717) is 6.54 Å². The molecular weight excluding hydrogens is 356 g/mol. The van der Waals surface area contributed by atoms with E-state index < -0.39 is 22.1 Å². The number of benzene rings is 1. The molecule has 0 spiro atoms. The van der Waals surface area contributed by atoms with Gasteiger partial charge in [-0.15, -0.1) is 0 Å². The number of esters is 1. The molecule has 0 unspecified atom stereocenters. The smallest absolute Gasteiger partial charge is 0.338 e. The standard InChI is InChI=1S/C18H24N2O5S/c1-13(17(21)20-12-11-14-5-3-2-4-6-14)25-18(22)15-7-9-16(10-8-15)26(19,23)24/h5,7-10,13H,2-4,6,11-12H2,1H3,(H,20,21)(H2,19,23,24)/t13-/m1/s1. The van der Waals surface area contributed by atoms with Gasteiger partial charge in [-0.3, -0.25) is 4.79 Å². The maximum absolute atomic E-state index is 12.0. The van der Waals surface area contributed by atoms with Crippen LogP contribution in [0.15, 0.2) is 40.8 Å². The Labute approximate surface area is 153 Å². The van der Waals surface area contributed by atoms with Crippen LogP contribution in [-0.4, -0.2) is 32.9 Å². The van der Waals surface area contributed by atoms with Crippen molar-refractivity contribution < 1.29 is 22.7 Å². The highest BCUT2D eigenvalue weighted by Crippen LogP contribution is 2.19. The largest absolute Gasteiger partial charge is 0.449 e. The Hall–Kier alpha value is -2.19. The molecule has 1 aliphatic carbocycles. The van der Waals surface area contributed by atoms with Crippen molar-refractivity contribution in [3.05, 3.63) is 41.5 Å². The van der Waals surface area contributed by atoms with Crippen molar-refractivity contribution in [3.8, 4) is 0 Å². The van der Waals surface area contributed by atoms with Crippen LogP contribution in [0.2, 0.25) is 0 Å². The van der Waals surface area contributed by atoms with Gasteiger partial charge in [-0.05, 0) is 63.3 Å². The highest BCUT2D eigenvalue weighted by Gasteiger charge is 2.19. The third-order valence-corrected chi connectivity index (χ3v) is 5.13. The molecule has 0 aromatic heterocycles. The molecule has 0 saturated carbocycles. The zero-order valence-corrected chi connectivity index (χ0v) is 15.6. The van der Waals surface area contributed by atoms with Gasteiger partial charge in [0.25, 0.3) is 5.91 Å². The molecule has 7 nitrogen and oxygen atoms in total. The van der Waals surface area contributed by atoms with E-state index in [0.717, 1.165) is 19.3 Å². The Morgan fingerprint density at radius 3 is 2.50 bits per heavy atom. The van der Waals surface area contributed by atoms with Crippen LogP contribution in [0.25, 0.3) is 0 Å². The minimum atomic E-state index is -3.82. The maximum atomic E-state index is 12.0. The summed E-state index contributed by atoms with van der Waals surface area (Å²) in [6, 6.07) is 5.02. The average Bonchev–Trinajstić information content (AvgIpc) is 2.61. The quantitative estimate of drug-likeness (QED) is 0.553. The van der Waals surface area contributed by atoms with Crippen molar-refractivity contribution >= 4 is 21.9 Å². The second-order valence-electron chi connectivity index (χ2n) is 6.27. The topological polar surface area (TPSA) is 116 Å². The summed E-state index contributed by atoms with van der Waals surface area (Å²) in [5, 5.41) is 7.77. The molecule has 0 heterocycles. The van der Waals surface area contributed by atoms with E-state index in [-0.39, 0.29) is 16.4 Å². The summed E-state index contributed by atoms with van der Waals surface area (Å²) in [4.78, 5) is 24.0. The molecule has 1 aliphatic rings. The Kier molecular flexibility index (Phi) is 6.93. The average molecular weight is 380 g/mol. The van der Waals surface area contributed by atoms with Gasteiger partial charge in [-0.1, -0.05) is 11.6 Å². The second kappa shape index (κ2) is 8.95. The van der Waals surface area contributed by atoms with Crippen molar-refractivity contribution in [1.82, 2.24) is 5.32 Å². The molecule has 1 amide bonds. The van der Waals surface area contributed by atoms with Gasteiger partial charge in [-0.2, -0.15) is 0 Å². The first-order valence-corrected chi connectivity index (χ1v) is 10.1. The van der Waals surface area contributed by atoms with Crippen LogP contribution in [0.1, 0.15) is 49.4 Å². The highest BCUT2D eigenvalue weighted by atomic mass is 32.2. The van der Waals surface area contributed by atoms with Gasteiger partial charge in [0, 0.05) is 6.54 Å². The third kappa shape index (κ3) is 5.96. The molecule has 1 atom stereocenters. The van der Waals surface area contributed by atoms with Gasteiger partial charge in [0.15, 0.2) is 6.10 Å². The van der Waals surface area contributed by atoms with E-state index in [2.05, 4.69) is 11.4 Å². The van der Waals surface area contributed by atoms with Crippen LogP contribution in [0.3, 0.4) is 0 Å². The summed E-state index contributed by atoms with van der Waals surface area (Å²) in [6.45, 7) is 2.00. The molecule has 2 rings (SSSR count). The number of carbonyl (C=O) groups is 2. The molecular formula is C18H24N2O5S. The molecule has 142 valence electrons. The van der Waals surface area contributed by atoms with Crippen LogP contribution in [0, 0.1) is 0 Å². The van der Waals surface area contributed by atoms with E-state index in [1.165, 1.54) is 49.6 Å². The molecule has 3 N–H and O–H groups in total. The molecule has 1 aromatic carbocycles. The lowest BCUT2D eigenvalue weighted by molar-refractivity contribution is -0.129. The molecule has 8 heteroatoms. The SMILES string of the molecule is C[C@@H](OC(=O)c1ccc(S(N)(=O)=O)cc1)C(=O)NCCC1=CCCCC1. The summed E-state index contributed by atoms with van der Waals surface area (Å²) in [5.41, 5.74) is 1.50. The van der Waals surface area contributed by atoms with Gasteiger partial charge in [0.1, 0.15) is 0 Å². The van der Waals surface area contributed by atoms with Gasteiger partial charge in [-0.25, -0.2) is 18.4 Å². The Morgan fingerprint density at radius 1 is 1.23 bits per heavy atom. The highest BCUT2D eigenvalue weighted by molar-refractivity contribution is 7.89. The van der Waals surface area contributed by atoms with Crippen LogP contribution in [-0.2, 0) is 19.6 Å². The predicted octanol–water partition coefficient (Wildman–Crippen LogP) is 1.89. The zero-order valence-electron chi connectivity index (χ0n) is 14.7. The number of nitrogens with two attached hydrogens (primary N) is 1. The van der Waals surface area contributed by atoms with Crippen molar-refractivity contribution in [2.24, 2.45) is 5.14 Å². The number of allylic oxidation sites excluding steroid dienone is 1. The lowest BCUT2D eigenvalue weighted by atomic mass is 9.97. The van der Waals surface area contributed by atoms with Crippen LogP contribution >= 0.6 is 0 Å². The number of nitrogens with one attached hydrogen (secondary N) is 1. The number of rotatable bonds is 7. The van der Waals surface area contributed by atoms with Crippen molar-refractivity contribution in [2.45, 2.75) is 50.0 Å². The predicted molar refractivity (Wildman–Crippen MR) is 96.9 cm³/mol. The van der Waals surface area contributed by atoms with E-state index in [1.807, 2.05) is 0 Å². The van der Waals surface area contributed by atoms with Gasteiger partial charge in [0.05, 0.1) is 10.5 Å². The fraction of sp³-hybridized carbons (Fsp3) is 0.444. The number of sulfonamides is 1. The summed E-state index contributed by atoms with van der Waals surface area (Å²) < 4.78 is 27.5. The fourth-order valence-electron chi connectivity index (χ4n) is 2.68. The normalized spacial score (nSPS) is 15.7. The van der Waals surface area contributed by atoms with Crippen molar-refractivity contribution in [2.75, 3.05) is 6.54 Å². The molecule has 26 heavy (non-hydrogen) atoms. The van der Waals surface area contributed by atoms with Crippen LogP contribution < -0.4 is 10.5 Å². The molecule has 0 bridgehead atoms. The summed E-state index contributed by atoms with van der Waals surface area (Å²) in [6.07, 6.45) is 6.68. The Morgan fingerprint density at radius 2 is 1.92 bits per heavy atom. The third-order valence-electron chi connectivity index (χ3n) is 4.20. The minimum absolute atomic E-state index is 0.100. The zero-order chi connectivity index (χ0) is 19.2. The van der Waals surface area contributed by atoms with Gasteiger partial charge < -0.3 is 10.1 Å². The van der Waals surface area contributed by atoms with E-state index in [4.69, 9.17) is 9.88 Å². The van der Waals surface area contributed by atoms with E-state index >= 15 is 0 Å². The Bertz CT molecular complexity index is 784. The van der Waals surface area contributed by atoms with E-state index in [9.17, 15) is 18.0 Å². The lowest BCUT2D eigenvalue weighted by Crippen LogP contribution is -2.36. The number of primary sulfonamides is 1. The second-order valence-corrected chi connectivity index (χ2v) is 7.83. The molecule has 1 aromatic rings. The lowest BCUT2D eigenvalue weighted by Gasteiger charge is -2.15. The molecule has 0 aliphatic heterocycles. The van der Waals surface area contributed by atoms with Crippen LogP contribution in [0.4, 0.5) is 0 Å². The van der Waals surface area contributed by atoms with Gasteiger partial charge in [0.2, 0.25) is 10.0 Å². The summed E-state index contributed by atoms with van der Waals surface area (Å²) in [5.74, 6) is -1.07. The monoisotopic (exact) mass is 380 g/mol. The summed E-state index contributed by atoms with van der Waals surface area (Å²) >= 11 is 0. The van der Waals surface area contributed by atoms with Crippen LogP contribution in [0.5, 0.6) is 0 Å². The fourth-order valence-corrected chi connectivity index (χ4v) is 3.20. The first-order chi connectivity index (χ1) is 12.3. The van der Waals surface area contributed by atoms with Gasteiger partial charge >= 0.3 is 5.97 Å². The first-order valence-electron chi connectivity index (χ1n) is 8.57. The van der Waals surface area contributed by atoms with Crippen molar-refractivity contribution in [3.63, 3.8) is 0 Å². The summed E-state index contributed by atoms with van der Waals surface area (Å²) in [7, 11) is -3.82. The number of amides is 1. The molecule has 0 saturated heterocycles. The number of carbonyl (C=O) groups excluding carboxylic acids is 2. The number of hydrogen-bond donors (Lipinski definition) is 2. The van der Waals surface area contributed by atoms with E-state index in [1.54, 1.807) is 0 Å².